The molecule has 0 aromatic heterocycles. The Labute approximate surface area is 181 Å². The number of carbonyl (C=O) groups excluding carboxylic acids is 1. The number of rotatable bonds is 3. The van der Waals surface area contributed by atoms with Crippen LogP contribution < -0.4 is 4.74 Å². The number of carboxylic acids is 1. The molecule has 0 fully saturated rings. The van der Waals surface area contributed by atoms with Gasteiger partial charge in [0.15, 0.2) is 6.73 Å². The van der Waals surface area contributed by atoms with Crippen LogP contribution >= 0.6 is 23.2 Å². The minimum Gasteiger partial charge on any atom is -0.478 e. The molecular formula is C22H14Cl2FNO4. The van der Waals surface area contributed by atoms with Gasteiger partial charge in [0.05, 0.1) is 22.7 Å². The minimum atomic E-state index is -1.34. The van der Waals surface area contributed by atoms with E-state index < -0.39 is 17.3 Å². The molecular weight excluding hydrogens is 432 g/mol. The first-order chi connectivity index (χ1) is 14.3. The number of aromatic carboxylic acids is 1. The molecule has 0 radical (unpaired) electrons. The first-order valence-corrected chi connectivity index (χ1v) is 9.63. The summed E-state index contributed by atoms with van der Waals surface area (Å²) >= 11 is 12.0. The van der Waals surface area contributed by atoms with Crippen molar-refractivity contribution in [1.82, 2.24) is 4.90 Å². The molecule has 0 spiro atoms. The number of hydrogen-bond donors (Lipinski definition) is 1. The van der Waals surface area contributed by atoms with Crippen LogP contribution in [0.3, 0.4) is 0 Å². The van der Waals surface area contributed by atoms with Crippen molar-refractivity contribution < 1.29 is 23.8 Å². The Balaban J connectivity index is 1.65. The van der Waals surface area contributed by atoms with Gasteiger partial charge in [0.2, 0.25) is 0 Å². The topological polar surface area (TPSA) is 66.8 Å². The highest BCUT2D eigenvalue weighted by Gasteiger charge is 2.25. The number of carbonyl (C=O) groups is 2. The molecule has 3 aromatic rings. The van der Waals surface area contributed by atoms with Gasteiger partial charge >= 0.3 is 5.97 Å². The van der Waals surface area contributed by atoms with Crippen molar-refractivity contribution in [3.8, 4) is 16.9 Å². The number of halogens is 3. The molecule has 1 N–H and O–H groups in total. The lowest BCUT2D eigenvalue weighted by atomic mass is 9.99. The summed E-state index contributed by atoms with van der Waals surface area (Å²) in [4.78, 5) is 25.5. The van der Waals surface area contributed by atoms with E-state index >= 15 is 0 Å². The van der Waals surface area contributed by atoms with Gasteiger partial charge < -0.3 is 14.7 Å². The SMILES string of the molecule is O=C(O)c1cccc(-c2ccc3c(c2)CN(C(=O)c2ccc(Cl)cc2Cl)CO3)c1F. The lowest BCUT2D eigenvalue weighted by Crippen LogP contribution is -2.37. The predicted octanol–water partition coefficient (Wildman–Crippen LogP) is 5.49. The maximum absolute atomic E-state index is 14.6. The summed E-state index contributed by atoms with van der Waals surface area (Å²) in [7, 11) is 0. The van der Waals surface area contributed by atoms with E-state index in [2.05, 4.69) is 0 Å². The van der Waals surface area contributed by atoms with E-state index in [1.807, 2.05) is 0 Å². The molecule has 0 saturated heterocycles. The lowest BCUT2D eigenvalue weighted by molar-refractivity contribution is 0.0514. The third-order valence-electron chi connectivity index (χ3n) is 4.79. The second-order valence-electron chi connectivity index (χ2n) is 6.70. The van der Waals surface area contributed by atoms with Crippen LogP contribution in [-0.2, 0) is 6.54 Å². The highest BCUT2D eigenvalue weighted by Crippen LogP contribution is 2.33. The van der Waals surface area contributed by atoms with Crippen LogP contribution in [0.25, 0.3) is 11.1 Å². The van der Waals surface area contributed by atoms with Gasteiger partial charge in [-0.25, -0.2) is 9.18 Å². The van der Waals surface area contributed by atoms with Crippen LogP contribution in [0, 0.1) is 5.82 Å². The van der Waals surface area contributed by atoms with Crippen LogP contribution in [0.2, 0.25) is 10.0 Å². The second kappa shape index (κ2) is 7.97. The molecule has 0 bridgehead atoms. The molecule has 1 amide bonds. The number of ether oxygens (including phenoxy) is 1. The second-order valence-corrected chi connectivity index (χ2v) is 7.54. The highest BCUT2D eigenvalue weighted by molar-refractivity contribution is 6.36. The molecule has 1 heterocycles. The normalized spacial score (nSPS) is 12.8. The van der Waals surface area contributed by atoms with Gasteiger partial charge in [-0.05, 0) is 42.0 Å². The fourth-order valence-electron chi connectivity index (χ4n) is 3.29. The van der Waals surface area contributed by atoms with E-state index in [0.29, 0.717) is 27.5 Å². The van der Waals surface area contributed by atoms with Crippen molar-refractivity contribution in [3.63, 3.8) is 0 Å². The minimum absolute atomic E-state index is 0.0347. The number of carboxylic acid groups (broad SMARTS) is 1. The summed E-state index contributed by atoms with van der Waals surface area (Å²) in [5.41, 5.74) is 1.19. The molecule has 1 aliphatic heterocycles. The fourth-order valence-corrected chi connectivity index (χ4v) is 3.78. The van der Waals surface area contributed by atoms with Gasteiger partial charge in [0.1, 0.15) is 11.6 Å². The lowest BCUT2D eigenvalue weighted by Gasteiger charge is -2.29. The van der Waals surface area contributed by atoms with Crippen molar-refractivity contribution in [2.75, 3.05) is 6.73 Å². The van der Waals surface area contributed by atoms with E-state index in [-0.39, 0.29) is 29.8 Å². The zero-order valence-corrected chi connectivity index (χ0v) is 16.9. The van der Waals surface area contributed by atoms with Gasteiger partial charge in [-0.1, -0.05) is 41.4 Å². The Morgan fingerprint density at radius 2 is 1.83 bits per heavy atom. The Bertz CT molecular complexity index is 1180. The van der Waals surface area contributed by atoms with Crippen LogP contribution in [0.5, 0.6) is 5.75 Å². The zero-order valence-electron chi connectivity index (χ0n) is 15.4. The Morgan fingerprint density at radius 3 is 2.57 bits per heavy atom. The third-order valence-corrected chi connectivity index (χ3v) is 5.33. The van der Waals surface area contributed by atoms with Crippen molar-refractivity contribution in [1.29, 1.82) is 0 Å². The van der Waals surface area contributed by atoms with E-state index in [1.54, 1.807) is 30.3 Å². The highest BCUT2D eigenvalue weighted by atomic mass is 35.5. The Morgan fingerprint density at radius 1 is 1.03 bits per heavy atom. The molecule has 152 valence electrons. The molecule has 0 saturated carbocycles. The quantitative estimate of drug-likeness (QED) is 0.578. The number of amides is 1. The number of benzene rings is 3. The van der Waals surface area contributed by atoms with Crippen LogP contribution in [0.15, 0.2) is 54.6 Å². The average molecular weight is 446 g/mol. The number of nitrogens with zero attached hydrogens (tertiary/aromatic N) is 1. The van der Waals surface area contributed by atoms with Crippen molar-refractivity contribution in [3.05, 3.63) is 87.2 Å². The zero-order chi connectivity index (χ0) is 21.4. The van der Waals surface area contributed by atoms with E-state index in [0.717, 1.165) is 0 Å². The van der Waals surface area contributed by atoms with Crippen molar-refractivity contribution in [2.45, 2.75) is 6.54 Å². The van der Waals surface area contributed by atoms with Gasteiger partial charge in [0, 0.05) is 16.1 Å². The van der Waals surface area contributed by atoms with Crippen LogP contribution in [0.1, 0.15) is 26.3 Å². The van der Waals surface area contributed by atoms with Gasteiger partial charge in [0.25, 0.3) is 5.91 Å². The monoisotopic (exact) mass is 445 g/mol. The summed E-state index contributed by atoms with van der Waals surface area (Å²) in [6.07, 6.45) is 0. The summed E-state index contributed by atoms with van der Waals surface area (Å²) < 4.78 is 20.3. The van der Waals surface area contributed by atoms with Gasteiger partial charge in [-0.15, -0.1) is 0 Å². The summed E-state index contributed by atoms with van der Waals surface area (Å²) in [5.74, 6) is -1.92. The third kappa shape index (κ3) is 3.72. The molecule has 4 rings (SSSR count). The van der Waals surface area contributed by atoms with Crippen LogP contribution in [0.4, 0.5) is 4.39 Å². The summed E-state index contributed by atoms with van der Waals surface area (Å²) in [6.45, 7) is 0.258. The smallest absolute Gasteiger partial charge is 0.338 e. The summed E-state index contributed by atoms with van der Waals surface area (Å²) in [5, 5.41) is 9.81. The molecule has 0 unspecified atom stereocenters. The molecule has 0 aliphatic carbocycles. The van der Waals surface area contributed by atoms with Crippen LogP contribution in [-0.4, -0.2) is 28.6 Å². The molecule has 30 heavy (non-hydrogen) atoms. The fraction of sp³-hybridized carbons (Fsp3) is 0.0909. The maximum atomic E-state index is 14.6. The van der Waals surface area contributed by atoms with E-state index in [1.165, 1.54) is 29.2 Å². The predicted molar refractivity (Wildman–Crippen MR) is 111 cm³/mol. The summed E-state index contributed by atoms with van der Waals surface area (Å²) in [6, 6.07) is 13.8. The van der Waals surface area contributed by atoms with Gasteiger partial charge in [-0.2, -0.15) is 0 Å². The van der Waals surface area contributed by atoms with Crippen molar-refractivity contribution in [2.24, 2.45) is 0 Å². The molecule has 0 atom stereocenters. The molecule has 1 aliphatic rings. The Hall–Kier alpha value is -3.09. The number of fused-ring (bicyclic) bond motifs is 1. The van der Waals surface area contributed by atoms with E-state index in [9.17, 15) is 14.0 Å². The first-order valence-electron chi connectivity index (χ1n) is 8.87. The van der Waals surface area contributed by atoms with Crippen molar-refractivity contribution >= 4 is 35.1 Å². The van der Waals surface area contributed by atoms with E-state index in [4.69, 9.17) is 33.0 Å². The molecule has 5 nitrogen and oxygen atoms in total. The average Bonchev–Trinajstić information content (AvgIpc) is 2.72. The largest absolute Gasteiger partial charge is 0.478 e. The number of hydrogen-bond acceptors (Lipinski definition) is 3. The molecule has 8 heteroatoms. The van der Waals surface area contributed by atoms with Gasteiger partial charge in [-0.3, -0.25) is 4.79 Å². The maximum Gasteiger partial charge on any atom is 0.338 e. The standard InChI is InChI=1S/C22H14Cl2FNO4/c23-14-5-6-16(18(24)9-14)21(27)26-10-13-8-12(4-7-19(13)30-11-26)15-2-1-3-17(20(15)25)22(28)29/h1-9H,10-11H2,(H,28,29). The Kier molecular flexibility index (Phi) is 5.37. The first kappa shape index (κ1) is 20.2. The molecule has 3 aromatic carbocycles.